The fraction of sp³-hybridized carbons (Fsp3) is 0.250. The maximum absolute atomic E-state index is 10.9. The topological polar surface area (TPSA) is 87.0 Å². The summed E-state index contributed by atoms with van der Waals surface area (Å²) in [5, 5.41) is 7.38. The minimum absolute atomic E-state index is 0.162. The molecule has 1 amide bonds. The quantitative estimate of drug-likeness (QED) is 0.599. The van der Waals surface area contributed by atoms with E-state index < -0.39 is 6.09 Å². The van der Waals surface area contributed by atoms with E-state index in [0.717, 1.165) is 0 Å². The fourth-order valence-corrected chi connectivity index (χ4v) is 0.821. The zero-order valence-electron chi connectivity index (χ0n) is 7.50. The second-order valence-corrected chi connectivity index (χ2v) is 2.52. The number of aromatic amines is 2. The molecular formula is C8H11N3O3. The largest absolute Gasteiger partial charge is 0.445 e. The number of aromatic nitrogens is 2. The van der Waals surface area contributed by atoms with Crippen LogP contribution in [-0.2, 0) is 11.3 Å². The summed E-state index contributed by atoms with van der Waals surface area (Å²) >= 11 is 0. The van der Waals surface area contributed by atoms with Crippen molar-refractivity contribution in [3.63, 3.8) is 0 Å². The highest BCUT2D eigenvalue weighted by Gasteiger charge is 2.01. The lowest BCUT2D eigenvalue weighted by Crippen LogP contribution is -2.23. The second-order valence-electron chi connectivity index (χ2n) is 2.52. The molecule has 14 heavy (non-hydrogen) atoms. The molecule has 6 heteroatoms. The monoisotopic (exact) mass is 197 g/mol. The van der Waals surface area contributed by atoms with E-state index in [9.17, 15) is 9.59 Å². The van der Waals surface area contributed by atoms with E-state index in [4.69, 9.17) is 0 Å². The fourth-order valence-electron chi connectivity index (χ4n) is 0.821. The number of hydrogen-bond acceptors (Lipinski definition) is 3. The molecule has 0 fully saturated rings. The van der Waals surface area contributed by atoms with Crippen molar-refractivity contribution in [3.05, 3.63) is 34.8 Å². The van der Waals surface area contributed by atoms with Gasteiger partial charge in [0.15, 0.2) is 0 Å². The molecule has 1 rings (SSSR count). The van der Waals surface area contributed by atoms with Gasteiger partial charge in [-0.05, 0) is 0 Å². The molecule has 1 aromatic heterocycles. The van der Waals surface area contributed by atoms with E-state index in [1.165, 1.54) is 12.1 Å². The van der Waals surface area contributed by atoms with Crippen LogP contribution in [0.4, 0.5) is 4.79 Å². The van der Waals surface area contributed by atoms with Crippen LogP contribution in [0.25, 0.3) is 0 Å². The number of H-pyrrole nitrogens is 2. The van der Waals surface area contributed by atoms with Crippen LogP contribution in [-0.4, -0.2) is 22.9 Å². The summed E-state index contributed by atoms with van der Waals surface area (Å²) in [5.41, 5.74) is 0.354. The van der Waals surface area contributed by atoms with Crippen LogP contribution < -0.4 is 10.9 Å². The van der Waals surface area contributed by atoms with Gasteiger partial charge in [-0.3, -0.25) is 9.89 Å². The van der Waals surface area contributed by atoms with Crippen LogP contribution in [0.15, 0.2) is 23.5 Å². The lowest BCUT2D eigenvalue weighted by molar-refractivity contribution is 0.157. The van der Waals surface area contributed by atoms with Gasteiger partial charge >= 0.3 is 6.09 Å². The van der Waals surface area contributed by atoms with Crippen molar-refractivity contribution in [2.24, 2.45) is 0 Å². The van der Waals surface area contributed by atoms with Crippen LogP contribution >= 0.6 is 0 Å². The van der Waals surface area contributed by atoms with Crippen molar-refractivity contribution in [2.45, 2.75) is 6.54 Å². The molecule has 0 bridgehead atoms. The van der Waals surface area contributed by atoms with Crippen LogP contribution in [0.2, 0.25) is 0 Å². The molecule has 1 heterocycles. The van der Waals surface area contributed by atoms with Crippen LogP contribution in [0.3, 0.4) is 0 Å². The molecule has 6 nitrogen and oxygen atoms in total. The molecule has 3 N–H and O–H groups in total. The van der Waals surface area contributed by atoms with Gasteiger partial charge in [-0.15, -0.1) is 0 Å². The third kappa shape index (κ3) is 3.18. The van der Waals surface area contributed by atoms with Crippen LogP contribution in [0.1, 0.15) is 5.69 Å². The highest BCUT2D eigenvalue weighted by molar-refractivity contribution is 5.67. The maximum Gasteiger partial charge on any atom is 0.407 e. The minimum atomic E-state index is -0.549. The Morgan fingerprint density at radius 1 is 1.64 bits per heavy atom. The van der Waals surface area contributed by atoms with Gasteiger partial charge in [-0.1, -0.05) is 12.7 Å². The summed E-state index contributed by atoms with van der Waals surface area (Å²) in [4.78, 5) is 21.6. The van der Waals surface area contributed by atoms with Gasteiger partial charge < -0.3 is 15.2 Å². The zero-order valence-corrected chi connectivity index (χ0v) is 7.50. The summed E-state index contributed by atoms with van der Waals surface area (Å²) in [6.07, 6.45) is 0.921. The molecule has 0 atom stereocenters. The Labute approximate surface area is 80.0 Å². The molecule has 0 saturated heterocycles. The summed E-state index contributed by atoms with van der Waals surface area (Å²) in [6.45, 7) is 3.78. The van der Waals surface area contributed by atoms with Gasteiger partial charge in [0.05, 0.1) is 12.2 Å². The molecular weight excluding hydrogens is 186 g/mol. The highest BCUT2D eigenvalue weighted by atomic mass is 16.5. The minimum Gasteiger partial charge on any atom is -0.445 e. The average Bonchev–Trinajstić information content (AvgIpc) is 2.58. The SMILES string of the molecule is C=CCOC(=O)NCc1cc(=O)[nH][nH]1. The third-order valence-electron chi connectivity index (χ3n) is 1.41. The number of amides is 1. The molecule has 0 unspecified atom stereocenters. The first kappa shape index (κ1) is 10.1. The number of alkyl carbamates (subject to hydrolysis) is 1. The van der Waals surface area contributed by atoms with Gasteiger partial charge in [-0.25, -0.2) is 4.79 Å². The van der Waals surface area contributed by atoms with E-state index in [1.807, 2.05) is 0 Å². The van der Waals surface area contributed by atoms with Gasteiger partial charge in [0.25, 0.3) is 5.56 Å². The van der Waals surface area contributed by atoms with E-state index in [1.54, 1.807) is 0 Å². The van der Waals surface area contributed by atoms with Gasteiger partial charge in [0.2, 0.25) is 0 Å². The Morgan fingerprint density at radius 2 is 2.43 bits per heavy atom. The van der Waals surface area contributed by atoms with Gasteiger partial charge in [0, 0.05) is 6.07 Å². The number of carbonyl (C=O) groups excluding carboxylic acids is 1. The first-order chi connectivity index (χ1) is 6.72. The first-order valence-electron chi connectivity index (χ1n) is 4.00. The van der Waals surface area contributed by atoms with Crippen molar-refractivity contribution in [1.82, 2.24) is 15.5 Å². The third-order valence-corrected chi connectivity index (χ3v) is 1.41. The Kier molecular flexibility index (Phi) is 3.54. The zero-order chi connectivity index (χ0) is 10.4. The number of carbonyl (C=O) groups is 1. The number of hydrogen-bond donors (Lipinski definition) is 3. The van der Waals surface area contributed by atoms with Crippen LogP contribution in [0.5, 0.6) is 0 Å². The van der Waals surface area contributed by atoms with Crippen molar-refractivity contribution in [1.29, 1.82) is 0 Å². The molecule has 0 aliphatic rings. The maximum atomic E-state index is 10.9. The number of nitrogens with one attached hydrogen (secondary N) is 3. The van der Waals surface area contributed by atoms with Gasteiger partial charge in [-0.2, -0.15) is 0 Å². The highest BCUT2D eigenvalue weighted by Crippen LogP contribution is 1.87. The van der Waals surface area contributed by atoms with Crippen molar-refractivity contribution in [3.8, 4) is 0 Å². The molecule has 0 aliphatic heterocycles. The summed E-state index contributed by atoms with van der Waals surface area (Å²) in [5.74, 6) is 0. The lowest BCUT2D eigenvalue weighted by atomic mass is 10.4. The molecule has 0 aliphatic carbocycles. The summed E-state index contributed by atoms with van der Waals surface area (Å²) in [7, 11) is 0. The Balaban J connectivity index is 2.30. The summed E-state index contributed by atoms with van der Waals surface area (Å²) < 4.78 is 4.65. The smallest absolute Gasteiger partial charge is 0.407 e. The normalized spacial score (nSPS) is 9.43. The predicted molar refractivity (Wildman–Crippen MR) is 49.8 cm³/mol. The van der Waals surface area contributed by atoms with Gasteiger partial charge in [0.1, 0.15) is 6.61 Å². The number of rotatable bonds is 4. The molecule has 76 valence electrons. The Hall–Kier alpha value is -1.98. The first-order valence-corrected chi connectivity index (χ1v) is 4.00. The molecule has 0 aromatic carbocycles. The summed E-state index contributed by atoms with van der Waals surface area (Å²) in [6, 6.07) is 1.35. The van der Waals surface area contributed by atoms with Crippen molar-refractivity contribution >= 4 is 6.09 Å². The molecule has 0 spiro atoms. The Morgan fingerprint density at radius 3 is 3.00 bits per heavy atom. The van der Waals surface area contributed by atoms with E-state index in [2.05, 4.69) is 26.8 Å². The molecule has 0 saturated carbocycles. The van der Waals surface area contributed by atoms with E-state index >= 15 is 0 Å². The number of ether oxygens (including phenoxy) is 1. The van der Waals surface area contributed by atoms with Crippen molar-refractivity contribution < 1.29 is 9.53 Å². The predicted octanol–water partition coefficient (Wildman–Crippen LogP) is 0.115. The van der Waals surface area contributed by atoms with E-state index in [-0.39, 0.29) is 18.7 Å². The molecule has 0 radical (unpaired) electrons. The van der Waals surface area contributed by atoms with Crippen molar-refractivity contribution in [2.75, 3.05) is 6.61 Å². The Bertz CT molecular complexity index is 366. The average molecular weight is 197 g/mol. The molecule has 1 aromatic rings. The van der Waals surface area contributed by atoms with Crippen LogP contribution in [0, 0.1) is 0 Å². The standard InChI is InChI=1S/C8H11N3O3/c1-2-3-14-8(13)9-5-6-4-7(12)11-10-6/h2,4H,1,3,5H2,(H,9,13)(H2,10,11,12). The lowest BCUT2D eigenvalue weighted by Gasteiger charge is -2.02. The van der Waals surface area contributed by atoms with E-state index in [0.29, 0.717) is 5.69 Å². The second kappa shape index (κ2) is 4.90.